The van der Waals surface area contributed by atoms with Gasteiger partial charge in [-0.1, -0.05) is 23.9 Å². The lowest BCUT2D eigenvalue weighted by atomic mass is 10.2. The normalized spacial score (nSPS) is 16.2. The topological polar surface area (TPSA) is 65.4 Å². The Morgan fingerprint density at radius 3 is 2.86 bits per heavy atom. The van der Waals surface area contributed by atoms with Crippen LogP contribution in [0.2, 0.25) is 0 Å². The van der Waals surface area contributed by atoms with Gasteiger partial charge >= 0.3 is 0 Å². The predicted octanol–water partition coefficient (Wildman–Crippen LogP) is 3.81. The molecule has 1 aliphatic rings. The minimum absolute atomic E-state index is 0.00389. The fraction of sp³-hybridized carbons (Fsp3) is 0.364. The van der Waals surface area contributed by atoms with Crippen LogP contribution in [0.1, 0.15) is 19.8 Å². The van der Waals surface area contributed by atoms with Crippen LogP contribution in [0.5, 0.6) is 5.75 Å². The molecule has 0 saturated carbocycles. The number of imidazole rings is 1. The maximum Gasteiger partial charge on any atom is 0.230 e. The molecule has 0 unspecified atom stereocenters. The number of nitrogens with zero attached hydrogens (tertiary/aromatic N) is 2. The summed E-state index contributed by atoms with van der Waals surface area (Å²) in [7, 11) is 0. The zero-order valence-corrected chi connectivity index (χ0v) is 17.3. The van der Waals surface area contributed by atoms with Gasteiger partial charge < -0.3 is 14.8 Å². The van der Waals surface area contributed by atoms with Crippen molar-refractivity contribution in [3.05, 3.63) is 48.5 Å². The molecule has 6 nitrogen and oxygen atoms in total. The summed E-state index contributed by atoms with van der Waals surface area (Å²) in [4.78, 5) is 17.1. The predicted molar refractivity (Wildman–Crippen MR) is 115 cm³/mol. The smallest absolute Gasteiger partial charge is 0.230 e. The third-order valence-corrected chi connectivity index (χ3v) is 5.76. The van der Waals surface area contributed by atoms with Crippen molar-refractivity contribution in [2.45, 2.75) is 31.0 Å². The van der Waals surface area contributed by atoms with Crippen LogP contribution in [-0.4, -0.2) is 47.1 Å². The van der Waals surface area contributed by atoms with E-state index in [9.17, 15) is 4.79 Å². The number of para-hydroxylation sites is 2. The molecule has 2 aromatic carbocycles. The first-order chi connectivity index (χ1) is 14.2. The van der Waals surface area contributed by atoms with Gasteiger partial charge in [-0.15, -0.1) is 0 Å². The van der Waals surface area contributed by atoms with Crippen LogP contribution in [0.3, 0.4) is 0 Å². The molecular weight excluding hydrogens is 386 g/mol. The van der Waals surface area contributed by atoms with Crippen molar-refractivity contribution in [2.75, 3.05) is 25.5 Å². The van der Waals surface area contributed by atoms with Gasteiger partial charge in [-0.25, -0.2) is 4.98 Å². The van der Waals surface area contributed by atoms with Gasteiger partial charge in [-0.3, -0.25) is 9.36 Å². The van der Waals surface area contributed by atoms with E-state index in [0.29, 0.717) is 18.9 Å². The van der Waals surface area contributed by atoms with E-state index in [2.05, 4.69) is 9.88 Å². The largest absolute Gasteiger partial charge is 0.494 e. The third-order valence-electron chi connectivity index (χ3n) is 4.82. The number of benzene rings is 2. The highest BCUT2D eigenvalue weighted by Crippen LogP contribution is 2.28. The van der Waals surface area contributed by atoms with Crippen LogP contribution in [-0.2, 0) is 9.53 Å². The second kappa shape index (κ2) is 9.33. The molecule has 7 heteroatoms. The average Bonchev–Trinajstić information content (AvgIpc) is 3.39. The lowest BCUT2D eigenvalue weighted by Gasteiger charge is -2.12. The number of fused-ring (bicyclic) bond motifs is 1. The van der Waals surface area contributed by atoms with Crippen molar-refractivity contribution in [3.63, 3.8) is 0 Å². The molecule has 29 heavy (non-hydrogen) atoms. The summed E-state index contributed by atoms with van der Waals surface area (Å²) in [6.07, 6.45) is 2.24. The second-order valence-electron chi connectivity index (χ2n) is 6.87. The average molecular weight is 412 g/mol. The molecule has 0 bridgehead atoms. The highest BCUT2D eigenvalue weighted by atomic mass is 32.2. The van der Waals surface area contributed by atoms with E-state index in [4.69, 9.17) is 14.5 Å². The quantitative estimate of drug-likeness (QED) is 0.571. The number of amides is 1. The Kier molecular flexibility index (Phi) is 6.36. The number of aromatic nitrogens is 2. The van der Waals surface area contributed by atoms with Crippen molar-refractivity contribution in [1.82, 2.24) is 14.9 Å². The zero-order valence-electron chi connectivity index (χ0n) is 16.5. The van der Waals surface area contributed by atoms with Crippen LogP contribution >= 0.6 is 11.8 Å². The number of carbonyl (C=O) groups is 1. The minimum atomic E-state index is -0.00389. The molecule has 152 valence electrons. The second-order valence-corrected chi connectivity index (χ2v) is 7.82. The van der Waals surface area contributed by atoms with Crippen molar-refractivity contribution < 1.29 is 14.3 Å². The van der Waals surface area contributed by atoms with E-state index in [1.807, 2.05) is 55.5 Å². The highest BCUT2D eigenvalue weighted by Gasteiger charge is 2.18. The zero-order chi connectivity index (χ0) is 20.1. The number of thioether (sulfide) groups is 1. The van der Waals surface area contributed by atoms with Gasteiger partial charge in [0.25, 0.3) is 0 Å². The molecule has 1 atom stereocenters. The Bertz CT molecular complexity index is 965. The summed E-state index contributed by atoms with van der Waals surface area (Å²) in [6.45, 7) is 3.97. The molecule has 0 radical (unpaired) electrons. The van der Waals surface area contributed by atoms with Crippen LogP contribution in [0.15, 0.2) is 53.7 Å². The van der Waals surface area contributed by atoms with Gasteiger partial charge in [-0.05, 0) is 56.2 Å². The molecule has 3 aromatic rings. The molecular formula is C22H25N3O3S. The van der Waals surface area contributed by atoms with E-state index in [1.165, 1.54) is 11.8 Å². The number of rotatable bonds is 8. The van der Waals surface area contributed by atoms with Crippen molar-refractivity contribution >= 4 is 28.7 Å². The van der Waals surface area contributed by atoms with Gasteiger partial charge in [0.05, 0.1) is 29.5 Å². The standard InChI is InChI=1S/C22H25N3O3S/c1-2-27-17-11-9-16(10-12-17)25-20-8-4-3-7-19(20)24-22(25)29-15-21(26)23-14-18-6-5-13-28-18/h3-4,7-12,18H,2,5-6,13-15H2,1H3,(H,23,26)/t18-/m1/s1. The first kappa shape index (κ1) is 19.8. The van der Waals surface area contributed by atoms with E-state index in [0.717, 1.165) is 47.1 Å². The van der Waals surface area contributed by atoms with Gasteiger partial charge in [0.1, 0.15) is 5.75 Å². The maximum atomic E-state index is 12.3. The molecule has 4 rings (SSSR count). The van der Waals surface area contributed by atoms with Crippen LogP contribution in [0, 0.1) is 0 Å². The van der Waals surface area contributed by atoms with E-state index < -0.39 is 0 Å². The molecule has 0 spiro atoms. The summed E-state index contributed by atoms with van der Waals surface area (Å²) in [5.41, 5.74) is 2.91. The van der Waals surface area contributed by atoms with Gasteiger partial charge in [0.2, 0.25) is 5.91 Å². The molecule has 0 aliphatic carbocycles. The van der Waals surface area contributed by atoms with Crippen molar-refractivity contribution in [2.24, 2.45) is 0 Å². The number of nitrogens with one attached hydrogen (secondary N) is 1. The Hall–Kier alpha value is -2.51. The minimum Gasteiger partial charge on any atom is -0.494 e. The van der Waals surface area contributed by atoms with Gasteiger partial charge in [-0.2, -0.15) is 0 Å². The molecule has 2 heterocycles. The van der Waals surface area contributed by atoms with Crippen LogP contribution in [0.25, 0.3) is 16.7 Å². The first-order valence-corrected chi connectivity index (χ1v) is 10.9. The lowest BCUT2D eigenvalue weighted by molar-refractivity contribution is -0.119. The number of hydrogen-bond acceptors (Lipinski definition) is 5. The summed E-state index contributed by atoms with van der Waals surface area (Å²) >= 11 is 1.44. The SMILES string of the molecule is CCOc1ccc(-n2c(SCC(=O)NC[C@H]3CCCO3)nc3ccccc32)cc1. The van der Waals surface area contributed by atoms with E-state index in [-0.39, 0.29) is 12.0 Å². The Morgan fingerprint density at radius 2 is 2.10 bits per heavy atom. The third kappa shape index (κ3) is 4.74. The monoisotopic (exact) mass is 411 g/mol. The number of hydrogen-bond donors (Lipinski definition) is 1. The summed E-state index contributed by atoms with van der Waals surface area (Å²) in [5, 5.41) is 3.77. The van der Waals surface area contributed by atoms with Crippen LogP contribution < -0.4 is 10.1 Å². The summed E-state index contributed by atoms with van der Waals surface area (Å²) in [5.74, 6) is 1.15. The number of ether oxygens (including phenoxy) is 2. The van der Waals surface area contributed by atoms with E-state index >= 15 is 0 Å². The Labute approximate surface area is 174 Å². The van der Waals surface area contributed by atoms with Gasteiger partial charge in [0, 0.05) is 18.8 Å². The van der Waals surface area contributed by atoms with Crippen molar-refractivity contribution in [3.8, 4) is 11.4 Å². The highest BCUT2D eigenvalue weighted by molar-refractivity contribution is 7.99. The lowest BCUT2D eigenvalue weighted by Crippen LogP contribution is -2.32. The molecule has 1 fully saturated rings. The molecule has 1 aliphatic heterocycles. The molecule has 1 amide bonds. The fourth-order valence-corrected chi connectivity index (χ4v) is 4.28. The maximum absolute atomic E-state index is 12.3. The molecule has 1 N–H and O–H groups in total. The molecule has 1 saturated heterocycles. The number of carbonyl (C=O) groups excluding carboxylic acids is 1. The first-order valence-electron chi connectivity index (χ1n) is 9.96. The van der Waals surface area contributed by atoms with Crippen LogP contribution in [0.4, 0.5) is 0 Å². The fourth-order valence-electron chi connectivity index (χ4n) is 3.42. The summed E-state index contributed by atoms with van der Waals surface area (Å²) in [6, 6.07) is 15.9. The Morgan fingerprint density at radius 1 is 1.28 bits per heavy atom. The molecule has 1 aromatic heterocycles. The Balaban J connectivity index is 1.51. The van der Waals surface area contributed by atoms with Gasteiger partial charge in [0.15, 0.2) is 5.16 Å². The summed E-state index contributed by atoms with van der Waals surface area (Å²) < 4.78 is 13.2. The van der Waals surface area contributed by atoms with Crippen molar-refractivity contribution in [1.29, 1.82) is 0 Å². The van der Waals surface area contributed by atoms with E-state index in [1.54, 1.807) is 0 Å².